The van der Waals surface area contributed by atoms with Crippen molar-refractivity contribution in [1.29, 1.82) is 0 Å². The Bertz CT molecular complexity index is 897. The number of ether oxygens (including phenoxy) is 2. The molecule has 1 unspecified atom stereocenters. The van der Waals surface area contributed by atoms with Crippen LogP contribution in [-0.2, 0) is 22.4 Å². The molecular weight excluding hydrogens is 362 g/mol. The topological polar surface area (TPSA) is 144 Å². The summed E-state index contributed by atoms with van der Waals surface area (Å²) in [6, 6.07) is 4.90. The molecule has 136 valence electrons. The van der Waals surface area contributed by atoms with Gasteiger partial charge in [-0.15, -0.1) is 11.3 Å². The highest BCUT2D eigenvalue weighted by Crippen LogP contribution is 2.41. The van der Waals surface area contributed by atoms with Gasteiger partial charge >= 0.3 is 17.7 Å². The SMILES string of the molecule is Nc1nc2c(s1)C(Cc1ccc3c(c1)OC(C(=O)O)(C(=O)O)O3)NCC2. The minimum Gasteiger partial charge on any atom is -0.475 e. The van der Waals surface area contributed by atoms with E-state index in [4.69, 9.17) is 15.2 Å². The van der Waals surface area contributed by atoms with Crippen molar-refractivity contribution in [3.05, 3.63) is 34.3 Å². The number of nitrogens with one attached hydrogen (secondary N) is 1. The second-order valence-corrected chi connectivity index (χ2v) is 7.10. The average Bonchev–Trinajstić information content (AvgIpc) is 3.15. The van der Waals surface area contributed by atoms with Crippen molar-refractivity contribution in [2.75, 3.05) is 12.3 Å². The molecule has 26 heavy (non-hydrogen) atoms. The minimum absolute atomic E-state index is 0.0256. The van der Waals surface area contributed by atoms with Gasteiger partial charge in [0.2, 0.25) is 0 Å². The van der Waals surface area contributed by atoms with Crippen molar-refractivity contribution >= 4 is 28.4 Å². The summed E-state index contributed by atoms with van der Waals surface area (Å²) in [4.78, 5) is 28.1. The second-order valence-electron chi connectivity index (χ2n) is 6.04. The smallest absolute Gasteiger partial charge is 0.453 e. The van der Waals surface area contributed by atoms with Crippen LogP contribution < -0.4 is 20.5 Å². The molecule has 0 amide bonds. The number of benzene rings is 1. The normalized spacial score (nSPS) is 19.8. The number of rotatable bonds is 4. The van der Waals surface area contributed by atoms with E-state index in [0.29, 0.717) is 11.6 Å². The number of nitrogen functional groups attached to an aromatic ring is 1. The molecule has 5 N–H and O–H groups in total. The first-order chi connectivity index (χ1) is 12.4. The van der Waals surface area contributed by atoms with Gasteiger partial charge in [0, 0.05) is 23.9 Å². The summed E-state index contributed by atoms with van der Waals surface area (Å²) >= 11 is 1.44. The lowest BCUT2D eigenvalue weighted by Gasteiger charge is -2.23. The van der Waals surface area contributed by atoms with Crippen LogP contribution in [-0.4, -0.2) is 39.5 Å². The first-order valence-corrected chi connectivity index (χ1v) is 8.67. The van der Waals surface area contributed by atoms with Crippen LogP contribution in [0.25, 0.3) is 0 Å². The molecule has 0 aliphatic carbocycles. The van der Waals surface area contributed by atoms with Gasteiger partial charge in [0.1, 0.15) is 0 Å². The molecule has 9 nitrogen and oxygen atoms in total. The summed E-state index contributed by atoms with van der Waals surface area (Å²) in [6.07, 6.45) is 1.42. The average molecular weight is 377 g/mol. The molecule has 0 saturated heterocycles. The summed E-state index contributed by atoms with van der Waals surface area (Å²) in [5, 5.41) is 22.3. The number of hydrogen-bond donors (Lipinski definition) is 4. The Labute approximate surface area is 151 Å². The number of nitrogens with zero attached hydrogens (tertiary/aromatic N) is 1. The van der Waals surface area contributed by atoms with E-state index in [1.807, 2.05) is 0 Å². The molecule has 1 atom stereocenters. The summed E-state index contributed by atoms with van der Waals surface area (Å²) in [6.45, 7) is 0.784. The van der Waals surface area contributed by atoms with Crippen molar-refractivity contribution in [3.8, 4) is 11.5 Å². The Morgan fingerprint density at radius 1 is 1.31 bits per heavy atom. The number of nitrogens with two attached hydrogens (primary N) is 1. The van der Waals surface area contributed by atoms with E-state index in [2.05, 4.69) is 10.3 Å². The minimum atomic E-state index is -2.75. The third-order valence-corrected chi connectivity index (χ3v) is 5.37. The lowest BCUT2D eigenvalue weighted by molar-refractivity contribution is -0.194. The van der Waals surface area contributed by atoms with E-state index in [-0.39, 0.29) is 17.5 Å². The fourth-order valence-electron chi connectivity index (χ4n) is 3.13. The van der Waals surface area contributed by atoms with Crippen LogP contribution >= 0.6 is 11.3 Å². The van der Waals surface area contributed by atoms with E-state index >= 15 is 0 Å². The zero-order valence-corrected chi connectivity index (χ0v) is 14.2. The Morgan fingerprint density at radius 3 is 2.77 bits per heavy atom. The predicted molar refractivity (Wildman–Crippen MR) is 90.4 cm³/mol. The Morgan fingerprint density at radius 2 is 2.04 bits per heavy atom. The summed E-state index contributed by atoms with van der Waals surface area (Å²) in [7, 11) is 0. The maximum absolute atomic E-state index is 11.3. The number of aromatic nitrogens is 1. The first-order valence-electron chi connectivity index (χ1n) is 7.85. The lowest BCUT2D eigenvalue weighted by Crippen LogP contribution is -2.54. The maximum atomic E-state index is 11.3. The maximum Gasteiger partial charge on any atom is 0.453 e. The standard InChI is InChI=1S/C16H15N3O6S/c17-15-19-8-3-4-18-9(12(8)26-15)5-7-1-2-10-11(6-7)25-16(24-10,13(20)21)14(22)23/h1-2,6,9,18H,3-5H2,(H2,17,19)(H,20,21)(H,22,23). The van der Waals surface area contributed by atoms with Crippen LogP contribution in [0.3, 0.4) is 0 Å². The monoisotopic (exact) mass is 377 g/mol. The van der Waals surface area contributed by atoms with E-state index < -0.39 is 17.7 Å². The second kappa shape index (κ2) is 5.85. The number of carboxylic acids is 2. The molecule has 0 bridgehead atoms. The van der Waals surface area contributed by atoms with Gasteiger partial charge < -0.3 is 30.7 Å². The van der Waals surface area contributed by atoms with Crippen LogP contribution in [0.4, 0.5) is 5.13 Å². The quantitative estimate of drug-likeness (QED) is 0.568. The fourth-order valence-corrected chi connectivity index (χ4v) is 4.09. The summed E-state index contributed by atoms with van der Waals surface area (Å²) in [5.74, 6) is -6.02. The zero-order chi connectivity index (χ0) is 18.5. The van der Waals surface area contributed by atoms with Gasteiger partial charge in [-0.05, 0) is 24.1 Å². The van der Waals surface area contributed by atoms with Crippen molar-refractivity contribution in [1.82, 2.24) is 10.3 Å². The Balaban J connectivity index is 1.59. The number of thiazole rings is 1. The number of carboxylic acid groups (broad SMARTS) is 2. The molecule has 3 heterocycles. The number of fused-ring (bicyclic) bond motifs is 2. The molecule has 2 aromatic rings. The Kier molecular flexibility index (Phi) is 3.74. The van der Waals surface area contributed by atoms with E-state index in [1.54, 1.807) is 12.1 Å². The van der Waals surface area contributed by atoms with Crippen LogP contribution in [0.5, 0.6) is 11.5 Å². The molecule has 1 aromatic heterocycles. The molecule has 10 heteroatoms. The Hall–Kier alpha value is -2.85. The van der Waals surface area contributed by atoms with Crippen molar-refractivity contribution < 1.29 is 29.3 Å². The van der Waals surface area contributed by atoms with Crippen LogP contribution in [0.2, 0.25) is 0 Å². The van der Waals surface area contributed by atoms with E-state index in [0.717, 1.165) is 29.1 Å². The third-order valence-electron chi connectivity index (χ3n) is 4.33. The van der Waals surface area contributed by atoms with Gasteiger partial charge in [-0.25, -0.2) is 14.6 Å². The highest BCUT2D eigenvalue weighted by atomic mass is 32.1. The largest absolute Gasteiger partial charge is 0.475 e. The highest BCUT2D eigenvalue weighted by Gasteiger charge is 2.57. The molecule has 2 aliphatic heterocycles. The molecule has 0 saturated carbocycles. The van der Waals surface area contributed by atoms with Crippen molar-refractivity contribution in [2.24, 2.45) is 0 Å². The molecule has 4 rings (SSSR count). The highest BCUT2D eigenvalue weighted by molar-refractivity contribution is 7.15. The van der Waals surface area contributed by atoms with E-state index in [1.165, 1.54) is 17.4 Å². The summed E-state index contributed by atoms with van der Waals surface area (Å²) in [5.41, 5.74) is 7.64. The van der Waals surface area contributed by atoms with Crippen LogP contribution in [0.1, 0.15) is 22.2 Å². The fraction of sp³-hybridized carbons (Fsp3) is 0.312. The predicted octanol–water partition coefficient (Wildman–Crippen LogP) is 0.791. The van der Waals surface area contributed by atoms with Gasteiger partial charge in [0.25, 0.3) is 0 Å². The number of anilines is 1. The van der Waals surface area contributed by atoms with Crippen LogP contribution in [0.15, 0.2) is 18.2 Å². The molecule has 0 fully saturated rings. The summed E-state index contributed by atoms with van der Waals surface area (Å²) < 4.78 is 10.2. The van der Waals surface area contributed by atoms with E-state index in [9.17, 15) is 19.8 Å². The van der Waals surface area contributed by atoms with Crippen molar-refractivity contribution in [2.45, 2.75) is 24.7 Å². The first kappa shape index (κ1) is 16.6. The molecule has 0 radical (unpaired) electrons. The third kappa shape index (κ3) is 2.54. The van der Waals surface area contributed by atoms with Gasteiger partial charge in [-0.1, -0.05) is 6.07 Å². The zero-order valence-electron chi connectivity index (χ0n) is 13.4. The van der Waals surface area contributed by atoms with Crippen molar-refractivity contribution in [3.63, 3.8) is 0 Å². The van der Waals surface area contributed by atoms with Crippen LogP contribution in [0, 0.1) is 0 Å². The number of hydrogen-bond acceptors (Lipinski definition) is 8. The van der Waals surface area contributed by atoms with Gasteiger partial charge in [0.15, 0.2) is 16.6 Å². The molecular formula is C16H15N3O6S. The molecule has 1 aromatic carbocycles. The van der Waals surface area contributed by atoms with Gasteiger partial charge in [-0.3, -0.25) is 0 Å². The molecule has 0 spiro atoms. The number of carbonyl (C=O) groups is 2. The van der Waals surface area contributed by atoms with Gasteiger partial charge in [-0.2, -0.15) is 0 Å². The number of aliphatic carboxylic acids is 2. The molecule has 2 aliphatic rings. The van der Waals surface area contributed by atoms with Gasteiger partial charge in [0.05, 0.1) is 5.69 Å². The lowest BCUT2D eigenvalue weighted by atomic mass is 10.00.